The lowest BCUT2D eigenvalue weighted by Gasteiger charge is -2.30. The number of imide groups is 1. The van der Waals surface area contributed by atoms with Gasteiger partial charge in [0.05, 0.1) is 28.6 Å². The van der Waals surface area contributed by atoms with Gasteiger partial charge in [0.25, 0.3) is 12.3 Å². The van der Waals surface area contributed by atoms with Crippen molar-refractivity contribution in [2.24, 2.45) is 0 Å². The molecule has 2 aliphatic rings. The molecule has 1 unspecified atom stereocenters. The van der Waals surface area contributed by atoms with Crippen molar-refractivity contribution in [3.05, 3.63) is 100 Å². The summed E-state index contributed by atoms with van der Waals surface area (Å²) in [6.45, 7) is 4.97. The van der Waals surface area contributed by atoms with E-state index in [-0.39, 0.29) is 54.7 Å². The van der Waals surface area contributed by atoms with Crippen molar-refractivity contribution in [1.82, 2.24) is 40.0 Å². The van der Waals surface area contributed by atoms with E-state index in [1.165, 1.54) is 18.3 Å². The third-order valence-electron chi connectivity index (χ3n) is 10.5. The summed E-state index contributed by atoms with van der Waals surface area (Å²) in [4.78, 5) is 66.8. The van der Waals surface area contributed by atoms with Crippen LogP contribution in [0.5, 0.6) is 0 Å². The van der Waals surface area contributed by atoms with E-state index in [1.54, 1.807) is 42.3 Å². The highest BCUT2D eigenvalue weighted by atomic mass is 19.3. The van der Waals surface area contributed by atoms with Crippen molar-refractivity contribution >= 4 is 34.9 Å². The van der Waals surface area contributed by atoms with Crippen molar-refractivity contribution in [2.75, 3.05) is 27.2 Å². The maximum absolute atomic E-state index is 14.7. The summed E-state index contributed by atoms with van der Waals surface area (Å²) >= 11 is 0. The standard InChI is InChI=1S/C43H42F2N8O4/c1-4-37-49-40(36-24-51(2)19-20-53(36)37)29-12-8-13-33-30(29)21-31(41(44)45)39(48-33)27-14-15-34(47-22-27)42(56)46-18-6-5-9-26-10-7-11-28(25-54)32(26)23-52(3)35-16-17-38(55)50-43(35)57/h7-8,10-15,21-22,25,35,41H,4,6,16-20,23-24H2,1-3H3,(H,46,56)(H,50,55,57). The van der Waals surface area contributed by atoms with E-state index in [9.17, 15) is 28.0 Å². The Morgan fingerprint density at radius 3 is 2.67 bits per heavy atom. The molecule has 0 bridgehead atoms. The fraction of sp³-hybridized carbons (Fsp3) is 0.326. The van der Waals surface area contributed by atoms with Crippen LogP contribution in [0.15, 0.2) is 60.8 Å². The van der Waals surface area contributed by atoms with Gasteiger partial charge in [-0.15, -0.1) is 0 Å². The Balaban J connectivity index is 1.04. The number of carbonyl (C=O) groups is 4. The van der Waals surface area contributed by atoms with E-state index in [2.05, 4.69) is 50.9 Å². The molecular weight excluding hydrogens is 731 g/mol. The number of hydrogen-bond acceptors (Lipinski definition) is 9. The van der Waals surface area contributed by atoms with E-state index in [0.717, 1.165) is 48.6 Å². The van der Waals surface area contributed by atoms with Crippen molar-refractivity contribution < 1.29 is 28.0 Å². The molecule has 0 spiro atoms. The number of pyridine rings is 2. The average molecular weight is 773 g/mol. The third kappa shape index (κ3) is 8.21. The van der Waals surface area contributed by atoms with Gasteiger partial charge in [-0.2, -0.15) is 0 Å². The minimum atomic E-state index is -2.81. The van der Waals surface area contributed by atoms with Gasteiger partial charge >= 0.3 is 0 Å². The van der Waals surface area contributed by atoms with Crippen LogP contribution in [0.4, 0.5) is 8.78 Å². The second kappa shape index (κ2) is 16.9. The molecule has 292 valence electrons. The highest BCUT2D eigenvalue weighted by Crippen LogP contribution is 2.38. The summed E-state index contributed by atoms with van der Waals surface area (Å²) in [5.74, 6) is 5.96. The van der Waals surface area contributed by atoms with Crippen LogP contribution in [0.25, 0.3) is 33.4 Å². The summed E-state index contributed by atoms with van der Waals surface area (Å²) < 4.78 is 31.6. The molecule has 2 aromatic carbocycles. The van der Waals surface area contributed by atoms with E-state index >= 15 is 0 Å². The van der Waals surface area contributed by atoms with Crippen LogP contribution in [0.2, 0.25) is 0 Å². The Bertz CT molecular complexity index is 2440. The van der Waals surface area contributed by atoms with E-state index in [1.807, 2.05) is 12.1 Å². The highest BCUT2D eigenvalue weighted by molar-refractivity contribution is 6.00. The van der Waals surface area contributed by atoms with Crippen molar-refractivity contribution in [1.29, 1.82) is 0 Å². The van der Waals surface area contributed by atoms with Crippen LogP contribution in [0.3, 0.4) is 0 Å². The first-order chi connectivity index (χ1) is 27.6. The predicted molar refractivity (Wildman–Crippen MR) is 210 cm³/mol. The number of carbonyl (C=O) groups excluding carboxylic acids is 4. The maximum atomic E-state index is 14.7. The van der Waals surface area contributed by atoms with Gasteiger partial charge in [0.15, 0.2) is 0 Å². The number of likely N-dealkylation sites (N-methyl/N-ethyl adjacent to an activating group) is 2. The summed E-state index contributed by atoms with van der Waals surface area (Å²) in [7, 11) is 3.82. The van der Waals surface area contributed by atoms with Gasteiger partial charge in [0.1, 0.15) is 17.8 Å². The van der Waals surface area contributed by atoms with Gasteiger partial charge in [-0.25, -0.2) is 18.7 Å². The highest BCUT2D eigenvalue weighted by Gasteiger charge is 2.30. The van der Waals surface area contributed by atoms with Crippen LogP contribution in [0, 0.1) is 11.8 Å². The Morgan fingerprint density at radius 2 is 1.93 bits per heavy atom. The lowest BCUT2D eigenvalue weighted by Crippen LogP contribution is -2.51. The van der Waals surface area contributed by atoms with Gasteiger partial charge in [0.2, 0.25) is 11.8 Å². The second-order valence-corrected chi connectivity index (χ2v) is 14.3. The number of nitrogens with one attached hydrogen (secondary N) is 2. The van der Waals surface area contributed by atoms with Crippen molar-refractivity contribution in [2.45, 2.75) is 64.7 Å². The van der Waals surface area contributed by atoms with E-state index in [0.29, 0.717) is 46.1 Å². The third-order valence-corrected chi connectivity index (χ3v) is 10.5. The van der Waals surface area contributed by atoms with E-state index in [4.69, 9.17) is 9.97 Å². The number of piperidine rings is 1. The molecule has 0 saturated carbocycles. The average Bonchev–Trinajstić information content (AvgIpc) is 3.57. The Labute approximate surface area is 328 Å². The number of amides is 3. The number of fused-ring (bicyclic) bond motifs is 2. The van der Waals surface area contributed by atoms with Crippen LogP contribution in [-0.2, 0) is 35.6 Å². The fourth-order valence-electron chi connectivity index (χ4n) is 7.49. The zero-order chi connectivity index (χ0) is 40.2. The Kier molecular flexibility index (Phi) is 11.6. The molecule has 14 heteroatoms. The minimum absolute atomic E-state index is 0.0894. The quantitative estimate of drug-likeness (QED) is 0.0789. The summed E-state index contributed by atoms with van der Waals surface area (Å²) in [5, 5.41) is 5.73. The number of benzene rings is 2. The summed E-state index contributed by atoms with van der Waals surface area (Å²) in [6, 6.07) is 14.8. The number of halogens is 2. The Morgan fingerprint density at radius 1 is 1.11 bits per heavy atom. The van der Waals surface area contributed by atoms with Crippen LogP contribution in [0.1, 0.15) is 81.7 Å². The summed E-state index contributed by atoms with van der Waals surface area (Å²) in [6.07, 6.45) is 0.974. The first-order valence-corrected chi connectivity index (χ1v) is 18.9. The zero-order valence-corrected chi connectivity index (χ0v) is 31.9. The number of aromatic nitrogens is 4. The number of alkyl halides is 2. The molecule has 2 N–H and O–H groups in total. The number of hydrogen-bond donors (Lipinski definition) is 2. The van der Waals surface area contributed by atoms with Gasteiger partial charge in [-0.05, 0) is 56.4 Å². The van der Waals surface area contributed by atoms with Gasteiger partial charge in [0, 0.05) is 91.4 Å². The van der Waals surface area contributed by atoms with Gasteiger partial charge in [-0.1, -0.05) is 43.0 Å². The molecule has 57 heavy (non-hydrogen) atoms. The molecule has 1 saturated heterocycles. The van der Waals surface area contributed by atoms with Gasteiger partial charge in [-0.3, -0.25) is 39.3 Å². The number of aldehydes is 1. The number of aryl methyl sites for hydroxylation is 1. The predicted octanol–water partition coefficient (Wildman–Crippen LogP) is 5.33. The first kappa shape index (κ1) is 39.1. The number of nitrogens with zero attached hydrogens (tertiary/aromatic N) is 6. The van der Waals surface area contributed by atoms with Crippen molar-refractivity contribution in [3.8, 4) is 34.4 Å². The molecule has 3 aromatic heterocycles. The molecule has 0 aliphatic carbocycles. The number of rotatable bonds is 11. The lowest BCUT2D eigenvalue weighted by molar-refractivity contribution is -0.137. The largest absolute Gasteiger partial charge is 0.350 e. The SMILES string of the molecule is CCc1nc(-c2cccc3nc(-c4ccc(C(=O)NCCC#Cc5cccc(C=O)c5CN(C)C5CCC(=O)NC5=O)nc4)c(C(F)F)cc23)c2n1CCN(C)C2. The lowest BCUT2D eigenvalue weighted by atomic mass is 9.99. The topological polar surface area (TPSA) is 142 Å². The molecule has 5 heterocycles. The molecule has 1 atom stereocenters. The van der Waals surface area contributed by atoms with Crippen molar-refractivity contribution in [3.63, 3.8) is 0 Å². The number of imidazole rings is 1. The molecular formula is C43H42F2N8O4. The van der Waals surface area contributed by atoms with Crippen LogP contribution < -0.4 is 10.6 Å². The molecule has 7 rings (SSSR count). The molecule has 0 radical (unpaired) electrons. The fourth-order valence-corrected chi connectivity index (χ4v) is 7.49. The zero-order valence-electron chi connectivity index (χ0n) is 31.9. The van der Waals surface area contributed by atoms with E-state index < -0.39 is 18.4 Å². The molecule has 5 aromatic rings. The molecule has 2 aliphatic heterocycles. The molecule has 1 fully saturated rings. The minimum Gasteiger partial charge on any atom is -0.350 e. The molecule has 12 nitrogen and oxygen atoms in total. The Hall–Kier alpha value is -6.17. The normalized spacial score (nSPS) is 15.7. The summed E-state index contributed by atoms with van der Waals surface area (Å²) in [5.41, 5.74) is 5.18. The van der Waals surface area contributed by atoms with Crippen LogP contribution >= 0.6 is 0 Å². The monoisotopic (exact) mass is 772 g/mol. The molecule has 3 amide bonds. The smallest absolute Gasteiger partial charge is 0.269 e. The maximum Gasteiger partial charge on any atom is 0.269 e. The van der Waals surface area contributed by atoms with Crippen LogP contribution in [-0.4, -0.2) is 86.6 Å². The first-order valence-electron chi connectivity index (χ1n) is 18.9. The second-order valence-electron chi connectivity index (χ2n) is 14.3. The van der Waals surface area contributed by atoms with Gasteiger partial charge < -0.3 is 9.88 Å².